The van der Waals surface area contributed by atoms with E-state index in [9.17, 15) is 9.90 Å². The summed E-state index contributed by atoms with van der Waals surface area (Å²) >= 11 is 5.83. The molecule has 1 aliphatic rings. The molecule has 104 valence electrons. The van der Waals surface area contributed by atoms with Gasteiger partial charge in [-0.05, 0) is 37.0 Å². The number of phenols is 1. The van der Waals surface area contributed by atoms with Crippen molar-refractivity contribution in [3.05, 3.63) is 28.8 Å². The maximum absolute atomic E-state index is 12.1. The van der Waals surface area contributed by atoms with E-state index in [1.54, 1.807) is 13.1 Å². The number of nitrogens with zero attached hydrogens (tertiary/aromatic N) is 1. The summed E-state index contributed by atoms with van der Waals surface area (Å²) in [7, 11) is 1.68. The van der Waals surface area contributed by atoms with E-state index in [0.717, 1.165) is 12.5 Å². The Morgan fingerprint density at radius 2 is 2.26 bits per heavy atom. The van der Waals surface area contributed by atoms with Gasteiger partial charge in [0, 0.05) is 25.2 Å². The van der Waals surface area contributed by atoms with Crippen molar-refractivity contribution in [3.8, 4) is 5.75 Å². The molecular weight excluding hydrogens is 266 g/mol. The van der Waals surface area contributed by atoms with Crippen LogP contribution < -0.4 is 0 Å². The predicted molar refractivity (Wildman–Crippen MR) is 73.6 cm³/mol. The number of likely N-dealkylation sites (N-methyl/N-ethyl adjacent to an activating group) is 1. The molecule has 0 bridgehead atoms. The molecule has 2 rings (SSSR count). The summed E-state index contributed by atoms with van der Waals surface area (Å²) in [5.74, 6) is 0.410. The van der Waals surface area contributed by atoms with E-state index in [-0.39, 0.29) is 17.2 Å². The van der Waals surface area contributed by atoms with Crippen LogP contribution >= 0.6 is 11.6 Å². The maximum atomic E-state index is 12.1. The van der Waals surface area contributed by atoms with Crippen molar-refractivity contribution in [1.82, 2.24) is 4.90 Å². The van der Waals surface area contributed by atoms with Crippen LogP contribution in [0.25, 0.3) is 0 Å². The first kappa shape index (κ1) is 14.2. The van der Waals surface area contributed by atoms with Gasteiger partial charge >= 0.3 is 0 Å². The first-order chi connectivity index (χ1) is 9.08. The second-order valence-electron chi connectivity index (χ2n) is 4.91. The first-order valence-corrected chi connectivity index (χ1v) is 6.77. The number of amides is 1. The highest BCUT2D eigenvalue weighted by Crippen LogP contribution is 2.28. The molecule has 0 atom stereocenters. The van der Waals surface area contributed by atoms with Crippen molar-refractivity contribution < 1.29 is 14.6 Å². The molecule has 1 aliphatic carbocycles. The van der Waals surface area contributed by atoms with Crippen LogP contribution in [0.1, 0.15) is 23.2 Å². The summed E-state index contributed by atoms with van der Waals surface area (Å²) in [6, 6.07) is 4.44. The molecule has 1 amide bonds. The quantitative estimate of drug-likeness (QED) is 0.816. The zero-order valence-corrected chi connectivity index (χ0v) is 11.7. The highest BCUT2D eigenvalue weighted by molar-refractivity contribution is 6.31. The van der Waals surface area contributed by atoms with Crippen LogP contribution in [0.2, 0.25) is 5.02 Å². The average molecular weight is 284 g/mol. The lowest BCUT2D eigenvalue weighted by Gasteiger charge is -2.18. The number of phenolic OH excluding ortho intramolecular Hbond substituents is 1. The number of rotatable bonds is 6. The number of halogens is 1. The van der Waals surface area contributed by atoms with E-state index in [1.807, 2.05) is 0 Å². The van der Waals surface area contributed by atoms with E-state index >= 15 is 0 Å². The summed E-state index contributed by atoms with van der Waals surface area (Å²) < 4.78 is 5.49. The van der Waals surface area contributed by atoms with Crippen molar-refractivity contribution in [1.29, 1.82) is 0 Å². The second kappa shape index (κ2) is 6.26. The van der Waals surface area contributed by atoms with Gasteiger partial charge in [0.1, 0.15) is 5.75 Å². The van der Waals surface area contributed by atoms with E-state index in [4.69, 9.17) is 16.3 Å². The molecule has 0 saturated heterocycles. The van der Waals surface area contributed by atoms with Gasteiger partial charge in [0.25, 0.3) is 5.91 Å². The molecule has 1 fully saturated rings. The van der Waals surface area contributed by atoms with Gasteiger partial charge in [-0.3, -0.25) is 4.79 Å². The van der Waals surface area contributed by atoms with Crippen LogP contribution in [0.15, 0.2) is 18.2 Å². The van der Waals surface area contributed by atoms with Gasteiger partial charge in [-0.2, -0.15) is 0 Å². The third kappa shape index (κ3) is 4.11. The van der Waals surface area contributed by atoms with Crippen molar-refractivity contribution in [2.24, 2.45) is 5.92 Å². The number of hydrogen-bond acceptors (Lipinski definition) is 3. The predicted octanol–water partition coefficient (Wildman–Crippen LogP) is 2.54. The summed E-state index contributed by atoms with van der Waals surface area (Å²) in [4.78, 5) is 13.6. The Hall–Kier alpha value is -1.26. The molecule has 5 heteroatoms. The van der Waals surface area contributed by atoms with Gasteiger partial charge in [0.2, 0.25) is 0 Å². The van der Waals surface area contributed by atoms with Gasteiger partial charge in [-0.1, -0.05) is 11.6 Å². The van der Waals surface area contributed by atoms with Gasteiger partial charge in [0.05, 0.1) is 12.2 Å². The topological polar surface area (TPSA) is 49.8 Å². The van der Waals surface area contributed by atoms with Gasteiger partial charge in [-0.15, -0.1) is 0 Å². The third-order valence-corrected chi connectivity index (χ3v) is 3.39. The molecule has 1 aromatic carbocycles. The minimum Gasteiger partial charge on any atom is -0.507 e. The number of aromatic hydroxyl groups is 1. The molecule has 1 saturated carbocycles. The Balaban J connectivity index is 1.84. The summed E-state index contributed by atoms with van der Waals surface area (Å²) in [6.07, 6.45) is 2.51. The Morgan fingerprint density at radius 1 is 1.53 bits per heavy atom. The van der Waals surface area contributed by atoms with Crippen molar-refractivity contribution in [2.75, 3.05) is 26.8 Å². The van der Waals surface area contributed by atoms with Crippen molar-refractivity contribution in [2.45, 2.75) is 12.8 Å². The molecule has 0 heterocycles. The highest BCUT2D eigenvalue weighted by atomic mass is 35.5. The lowest BCUT2D eigenvalue weighted by molar-refractivity contribution is 0.0678. The Morgan fingerprint density at radius 3 is 2.95 bits per heavy atom. The van der Waals surface area contributed by atoms with E-state index in [1.165, 1.54) is 29.9 Å². The Labute approximate surface area is 117 Å². The molecule has 19 heavy (non-hydrogen) atoms. The smallest absolute Gasteiger partial charge is 0.257 e. The SMILES string of the molecule is CN(CCOCC1CC1)C(=O)c1cc(Cl)ccc1O. The number of ether oxygens (including phenoxy) is 1. The molecule has 0 aromatic heterocycles. The Bertz CT molecular complexity index is 460. The highest BCUT2D eigenvalue weighted by Gasteiger charge is 2.21. The zero-order chi connectivity index (χ0) is 13.8. The molecule has 0 aliphatic heterocycles. The van der Waals surface area contributed by atoms with Crippen LogP contribution in [0.3, 0.4) is 0 Å². The van der Waals surface area contributed by atoms with Crippen LogP contribution in [-0.4, -0.2) is 42.7 Å². The van der Waals surface area contributed by atoms with E-state index < -0.39 is 0 Å². The van der Waals surface area contributed by atoms with Gasteiger partial charge < -0.3 is 14.7 Å². The van der Waals surface area contributed by atoms with Crippen LogP contribution in [0, 0.1) is 5.92 Å². The summed E-state index contributed by atoms with van der Waals surface area (Å²) in [5, 5.41) is 10.1. The molecule has 1 aromatic rings. The molecule has 0 radical (unpaired) electrons. The summed E-state index contributed by atoms with van der Waals surface area (Å²) in [5.41, 5.74) is 0.220. The summed E-state index contributed by atoms with van der Waals surface area (Å²) in [6.45, 7) is 1.79. The zero-order valence-electron chi connectivity index (χ0n) is 10.9. The molecule has 0 spiro atoms. The van der Waals surface area contributed by atoms with Gasteiger partial charge in [-0.25, -0.2) is 0 Å². The number of benzene rings is 1. The van der Waals surface area contributed by atoms with Crippen molar-refractivity contribution in [3.63, 3.8) is 0 Å². The fourth-order valence-corrected chi connectivity index (χ4v) is 1.89. The standard InChI is InChI=1S/C14H18ClNO3/c1-16(6-7-19-9-10-2-3-10)14(18)12-8-11(15)4-5-13(12)17/h4-5,8,10,17H,2-3,6-7,9H2,1H3. The third-order valence-electron chi connectivity index (χ3n) is 3.16. The van der Waals surface area contributed by atoms with Crippen molar-refractivity contribution >= 4 is 17.5 Å². The number of carbonyl (C=O) groups is 1. The fraction of sp³-hybridized carbons (Fsp3) is 0.500. The lowest BCUT2D eigenvalue weighted by atomic mass is 10.2. The number of hydrogen-bond donors (Lipinski definition) is 1. The lowest BCUT2D eigenvalue weighted by Crippen LogP contribution is -2.30. The van der Waals surface area contributed by atoms with Crippen LogP contribution in [-0.2, 0) is 4.74 Å². The molecule has 4 nitrogen and oxygen atoms in total. The molecular formula is C14H18ClNO3. The number of carbonyl (C=O) groups excluding carboxylic acids is 1. The monoisotopic (exact) mass is 283 g/mol. The average Bonchev–Trinajstić information content (AvgIpc) is 3.20. The fourth-order valence-electron chi connectivity index (χ4n) is 1.72. The van der Waals surface area contributed by atoms with Crippen LogP contribution in [0.5, 0.6) is 5.75 Å². The van der Waals surface area contributed by atoms with E-state index in [2.05, 4.69) is 0 Å². The minimum atomic E-state index is -0.255. The largest absolute Gasteiger partial charge is 0.507 e. The molecule has 0 unspecified atom stereocenters. The second-order valence-corrected chi connectivity index (χ2v) is 5.34. The normalized spacial score (nSPS) is 14.4. The maximum Gasteiger partial charge on any atom is 0.257 e. The van der Waals surface area contributed by atoms with Gasteiger partial charge in [0.15, 0.2) is 0 Å². The minimum absolute atomic E-state index is 0.0554. The Kier molecular flexibility index (Phi) is 4.66. The van der Waals surface area contributed by atoms with E-state index in [0.29, 0.717) is 18.2 Å². The first-order valence-electron chi connectivity index (χ1n) is 6.39. The van der Waals surface area contributed by atoms with Crippen LogP contribution in [0.4, 0.5) is 0 Å². The molecule has 1 N–H and O–H groups in total.